The molecule has 1 aliphatic rings. The van der Waals surface area contributed by atoms with Crippen molar-refractivity contribution in [3.63, 3.8) is 0 Å². The minimum Gasteiger partial charge on any atom is -0.488 e. The Bertz CT molecular complexity index is 333. The largest absolute Gasteiger partial charge is 0.488 e. The summed E-state index contributed by atoms with van der Waals surface area (Å²) in [5.41, 5.74) is 1.16. The molecule has 14 heavy (non-hydrogen) atoms. The Kier molecular flexibility index (Phi) is 2.44. The topological polar surface area (TPSA) is 9.23 Å². The quantitative estimate of drug-likeness (QED) is 0.644. The summed E-state index contributed by atoms with van der Waals surface area (Å²) in [6, 6.07) is 8.18. The number of rotatable bonds is 1. The van der Waals surface area contributed by atoms with Crippen LogP contribution in [0, 0.1) is 0 Å². The Morgan fingerprint density at radius 2 is 2.14 bits per heavy atom. The van der Waals surface area contributed by atoms with Crippen LogP contribution in [-0.4, -0.2) is 11.5 Å². The number of benzene rings is 1. The minimum absolute atomic E-state index is 0.0894. The van der Waals surface area contributed by atoms with Gasteiger partial charge in [0.25, 0.3) is 0 Å². The Morgan fingerprint density at radius 3 is 2.86 bits per heavy atom. The maximum atomic E-state index is 5.98. The first-order valence-electron chi connectivity index (χ1n) is 4.96. The van der Waals surface area contributed by atoms with Crippen LogP contribution in [0.1, 0.15) is 31.7 Å². The predicted molar refractivity (Wildman–Crippen MR) is 59.2 cm³/mol. The Labute approximate surface area is 90.0 Å². The van der Waals surface area contributed by atoms with Gasteiger partial charge in [0.1, 0.15) is 11.4 Å². The number of hydrogen-bond donors (Lipinski definition) is 0. The molecule has 1 aromatic rings. The molecule has 0 N–H and O–H groups in total. The van der Waals surface area contributed by atoms with Gasteiger partial charge in [-0.05, 0) is 31.9 Å². The van der Waals surface area contributed by atoms with Gasteiger partial charge in [-0.15, -0.1) is 11.6 Å². The van der Waals surface area contributed by atoms with Gasteiger partial charge in [-0.2, -0.15) is 0 Å². The smallest absolute Gasteiger partial charge is 0.123 e. The standard InChI is InChI=1S/C12H15ClO/c1-12(2)7-9(8-13)10-5-3-4-6-11(10)14-12/h3-6,9H,7-8H2,1-2H3. The molecule has 2 rings (SSSR count). The molecular formula is C12H15ClO. The molecule has 0 saturated heterocycles. The van der Waals surface area contributed by atoms with E-state index in [2.05, 4.69) is 19.9 Å². The van der Waals surface area contributed by atoms with Crippen LogP contribution >= 0.6 is 11.6 Å². The summed E-state index contributed by atoms with van der Waals surface area (Å²) in [5.74, 6) is 2.09. The number of ether oxygens (including phenoxy) is 1. The average Bonchev–Trinajstić information content (AvgIpc) is 2.15. The van der Waals surface area contributed by atoms with E-state index in [1.807, 2.05) is 18.2 Å². The second-order valence-corrected chi connectivity index (χ2v) is 4.76. The Morgan fingerprint density at radius 1 is 1.43 bits per heavy atom. The molecule has 1 aromatic carbocycles. The van der Waals surface area contributed by atoms with Crippen LogP contribution in [0.15, 0.2) is 24.3 Å². The van der Waals surface area contributed by atoms with Gasteiger partial charge >= 0.3 is 0 Å². The van der Waals surface area contributed by atoms with Crippen molar-refractivity contribution in [1.29, 1.82) is 0 Å². The first-order valence-corrected chi connectivity index (χ1v) is 5.50. The van der Waals surface area contributed by atoms with Gasteiger partial charge in [0.05, 0.1) is 0 Å². The fraction of sp³-hybridized carbons (Fsp3) is 0.500. The van der Waals surface area contributed by atoms with Crippen molar-refractivity contribution in [2.24, 2.45) is 0 Å². The molecule has 1 unspecified atom stereocenters. The van der Waals surface area contributed by atoms with E-state index in [0.717, 1.165) is 12.2 Å². The van der Waals surface area contributed by atoms with Crippen LogP contribution in [0.5, 0.6) is 5.75 Å². The van der Waals surface area contributed by atoms with Crippen molar-refractivity contribution >= 4 is 11.6 Å². The molecule has 76 valence electrons. The van der Waals surface area contributed by atoms with Gasteiger partial charge in [0.15, 0.2) is 0 Å². The van der Waals surface area contributed by atoms with E-state index < -0.39 is 0 Å². The first-order chi connectivity index (χ1) is 6.62. The van der Waals surface area contributed by atoms with Crippen LogP contribution in [0.2, 0.25) is 0 Å². The van der Waals surface area contributed by atoms with E-state index in [9.17, 15) is 0 Å². The number of fused-ring (bicyclic) bond motifs is 1. The fourth-order valence-corrected chi connectivity index (χ4v) is 2.37. The lowest BCUT2D eigenvalue weighted by Gasteiger charge is -2.36. The van der Waals surface area contributed by atoms with Crippen LogP contribution in [-0.2, 0) is 0 Å². The molecule has 1 nitrogen and oxygen atoms in total. The maximum Gasteiger partial charge on any atom is 0.123 e. The molecule has 0 aliphatic carbocycles. The summed E-state index contributed by atoms with van der Waals surface area (Å²) in [7, 11) is 0. The van der Waals surface area contributed by atoms with E-state index in [4.69, 9.17) is 16.3 Å². The van der Waals surface area contributed by atoms with E-state index >= 15 is 0 Å². The van der Waals surface area contributed by atoms with Gasteiger partial charge in [-0.1, -0.05) is 18.2 Å². The molecule has 1 heterocycles. The molecule has 0 amide bonds. The summed E-state index contributed by atoms with van der Waals surface area (Å²) < 4.78 is 5.89. The Hall–Kier alpha value is -0.690. The van der Waals surface area contributed by atoms with Crippen molar-refractivity contribution in [3.8, 4) is 5.75 Å². The van der Waals surface area contributed by atoms with Crippen molar-refractivity contribution in [2.45, 2.75) is 31.8 Å². The summed E-state index contributed by atoms with van der Waals surface area (Å²) in [6.45, 7) is 4.23. The van der Waals surface area contributed by atoms with E-state index in [1.54, 1.807) is 0 Å². The second kappa shape index (κ2) is 3.47. The van der Waals surface area contributed by atoms with E-state index in [0.29, 0.717) is 11.8 Å². The van der Waals surface area contributed by atoms with E-state index in [1.165, 1.54) is 5.56 Å². The minimum atomic E-state index is -0.0894. The lowest BCUT2D eigenvalue weighted by atomic mass is 9.86. The van der Waals surface area contributed by atoms with Crippen molar-refractivity contribution in [2.75, 3.05) is 5.88 Å². The predicted octanol–water partition coefficient (Wildman–Crippen LogP) is 3.57. The summed E-state index contributed by atoms with van der Waals surface area (Å²) >= 11 is 5.98. The number of alkyl halides is 1. The molecule has 0 aromatic heterocycles. The summed E-state index contributed by atoms with van der Waals surface area (Å²) in [6.07, 6.45) is 0.994. The fourth-order valence-electron chi connectivity index (χ4n) is 2.09. The zero-order valence-electron chi connectivity index (χ0n) is 8.59. The summed E-state index contributed by atoms with van der Waals surface area (Å²) in [5, 5.41) is 0. The van der Waals surface area contributed by atoms with Crippen molar-refractivity contribution in [3.05, 3.63) is 29.8 Å². The van der Waals surface area contributed by atoms with Gasteiger partial charge in [0, 0.05) is 11.8 Å². The van der Waals surface area contributed by atoms with Crippen molar-refractivity contribution in [1.82, 2.24) is 0 Å². The molecule has 0 bridgehead atoms. The highest BCUT2D eigenvalue weighted by molar-refractivity contribution is 6.18. The highest BCUT2D eigenvalue weighted by Gasteiger charge is 2.32. The second-order valence-electron chi connectivity index (χ2n) is 4.45. The molecule has 1 aliphatic heterocycles. The highest BCUT2D eigenvalue weighted by atomic mass is 35.5. The molecule has 0 radical (unpaired) electrons. The molecule has 2 heteroatoms. The number of para-hydroxylation sites is 1. The molecule has 1 atom stereocenters. The third-order valence-corrected chi connectivity index (χ3v) is 3.04. The van der Waals surface area contributed by atoms with Crippen LogP contribution < -0.4 is 4.74 Å². The number of halogens is 1. The molecular weight excluding hydrogens is 196 g/mol. The molecule has 0 spiro atoms. The molecule has 0 saturated carbocycles. The zero-order chi connectivity index (χ0) is 10.2. The van der Waals surface area contributed by atoms with Gasteiger partial charge in [-0.25, -0.2) is 0 Å². The van der Waals surface area contributed by atoms with Crippen LogP contribution in [0.4, 0.5) is 0 Å². The highest BCUT2D eigenvalue weighted by Crippen LogP contribution is 2.40. The first kappa shape index (κ1) is 9.85. The van der Waals surface area contributed by atoms with Crippen LogP contribution in [0.3, 0.4) is 0 Å². The van der Waals surface area contributed by atoms with E-state index in [-0.39, 0.29) is 5.60 Å². The average molecular weight is 211 g/mol. The molecule has 0 fully saturated rings. The normalized spacial score (nSPS) is 23.8. The SMILES string of the molecule is CC1(C)CC(CCl)c2ccccc2O1. The monoisotopic (exact) mass is 210 g/mol. The van der Waals surface area contributed by atoms with Gasteiger partial charge in [0.2, 0.25) is 0 Å². The Balaban J connectivity index is 2.41. The lowest BCUT2D eigenvalue weighted by molar-refractivity contribution is 0.0751. The van der Waals surface area contributed by atoms with Gasteiger partial charge < -0.3 is 4.74 Å². The lowest BCUT2D eigenvalue weighted by Crippen LogP contribution is -2.35. The number of hydrogen-bond acceptors (Lipinski definition) is 1. The third kappa shape index (κ3) is 1.74. The third-order valence-electron chi connectivity index (χ3n) is 2.67. The van der Waals surface area contributed by atoms with Crippen molar-refractivity contribution < 1.29 is 4.74 Å². The summed E-state index contributed by atoms with van der Waals surface area (Å²) in [4.78, 5) is 0. The van der Waals surface area contributed by atoms with Gasteiger partial charge in [-0.3, -0.25) is 0 Å². The zero-order valence-corrected chi connectivity index (χ0v) is 9.34. The maximum absolute atomic E-state index is 5.98. The van der Waals surface area contributed by atoms with Crippen LogP contribution in [0.25, 0.3) is 0 Å².